The zero-order chi connectivity index (χ0) is 24.6. The average Bonchev–Trinajstić information content (AvgIpc) is 2.80. The van der Waals surface area contributed by atoms with Crippen molar-refractivity contribution < 1.29 is 70.1 Å². The van der Waals surface area contributed by atoms with E-state index < -0.39 is 74.0 Å². The molecule has 0 heterocycles. The van der Waals surface area contributed by atoms with Gasteiger partial charge in [-0.25, -0.2) is 9.59 Å². The number of carbonyl (C=O) groups excluding carboxylic acids is 2. The molecule has 182 valence electrons. The molecule has 0 saturated carbocycles. The Morgan fingerprint density at radius 1 is 0.594 bits per heavy atom. The maximum atomic E-state index is 11.8. The van der Waals surface area contributed by atoms with E-state index in [1.165, 1.54) is 0 Å². The first-order valence-corrected chi connectivity index (χ1v) is 9.14. The Hall–Kier alpha value is -2.24. The summed E-state index contributed by atoms with van der Waals surface area (Å²) in [6, 6.07) is 4.30. The van der Waals surface area contributed by atoms with Crippen LogP contribution >= 0.6 is 0 Å². The van der Waals surface area contributed by atoms with Crippen molar-refractivity contribution in [2.45, 2.75) is 48.8 Å². The van der Waals surface area contributed by atoms with Crippen LogP contribution in [0.15, 0.2) is 24.3 Å². The van der Waals surface area contributed by atoms with E-state index in [-0.39, 0.29) is 11.5 Å². The third-order valence-electron chi connectivity index (χ3n) is 4.25. The summed E-state index contributed by atoms with van der Waals surface area (Å²) in [5, 5.41) is 93.6. The summed E-state index contributed by atoms with van der Waals surface area (Å²) in [6.07, 6.45) is -16.6. The molecule has 0 amide bonds. The number of rotatable bonds is 12. The van der Waals surface area contributed by atoms with Gasteiger partial charge in [0.1, 0.15) is 48.1 Å². The van der Waals surface area contributed by atoms with Crippen LogP contribution in [0.2, 0.25) is 0 Å². The molecule has 0 spiro atoms. The lowest BCUT2D eigenvalue weighted by Crippen LogP contribution is -2.49. The fourth-order valence-corrected chi connectivity index (χ4v) is 2.25. The summed E-state index contributed by atoms with van der Waals surface area (Å²) in [7, 11) is 0. The van der Waals surface area contributed by atoms with Crippen molar-refractivity contribution in [2.24, 2.45) is 0 Å². The quantitative estimate of drug-likeness (QED) is 0.102. The number of aliphatic hydroxyl groups is 10. The SMILES string of the molecule is O=C(Oc1ccc(OC(=O)[C@H](O)[C@@H](O)[C@H](O)[C@H](O)CO)cc1)[C@H](O)[C@@H](O)[C@H](O)[C@H](O)CO. The summed E-state index contributed by atoms with van der Waals surface area (Å²) < 4.78 is 9.52. The normalized spacial score (nSPS) is 19.1. The second kappa shape index (κ2) is 12.7. The first kappa shape index (κ1) is 27.8. The van der Waals surface area contributed by atoms with E-state index in [2.05, 4.69) is 0 Å². The zero-order valence-corrected chi connectivity index (χ0v) is 16.4. The smallest absolute Gasteiger partial charge is 0.343 e. The maximum absolute atomic E-state index is 11.8. The van der Waals surface area contributed by atoms with Crippen molar-refractivity contribution in [3.05, 3.63) is 24.3 Å². The van der Waals surface area contributed by atoms with Crippen molar-refractivity contribution in [3.63, 3.8) is 0 Å². The molecular formula is C18H26O14. The van der Waals surface area contributed by atoms with E-state index in [4.69, 9.17) is 19.7 Å². The van der Waals surface area contributed by atoms with Crippen molar-refractivity contribution in [1.29, 1.82) is 0 Å². The van der Waals surface area contributed by atoms with E-state index >= 15 is 0 Å². The Kier molecular flexibility index (Phi) is 11.0. The van der Waals surface area contributed by atoms with E-state index in [9.17, 15) is 50.4 Å². The van der Waals surface area contributed by atoms with Crippen LogP contribution in [0.25, 0.3) is 0 Å². The van der Waals surface area contributed by atoms with Crippen LogP contribution in [0.1, 0.15) is 0 Å². The van der Waals surface area contributed by atoms with E-state index in [0.29, 0.717) is 0 Å². The summed E-state index contributed by atoms with van der Waals surface area (Å²) in [4.78, 5) is 23.7. The maximum Gasteiger partial charge on any atom is 0.343 e. The van der Waals surface area contributed by atoms with Gasteiger partial charge >= 0.3 is 11.9 Å². The van der Waals surface area contributed by atoms with Crippen LogP contribution in [0.3, 0.4) is 0 Å². The van der Waals surface area contributed by atoms with Gasteiger partial charge in [-0.1, -0.05) is 0 Å². The number of aliphatic hydroxyl groups excluding tert-OH is 10. The fraction of sp³-hybridized carbons (Fsp3) is 0.556. The van der Waals surface area contributed by atoms with Gasteiger partial charge in [0.05, 0.1) is 13.2 Å². The summed E-state index contributed by atoms with van der Waals surface area (Å²) in [5.41, 5.74) is 0. The van der Waals surface area contributed by atoms with E-state index in [0.717, 1.165) is 24.3 Å². The van der Waals surface area contributed by atoms with Crippen molar-refractivity contribution in [3.8, 4) is 11.5 Å². The van der Waals surface area contributed by atoms with E-state index in [1.807, 2.05) is 0 Å². The van der Waals surface area contributed by atoms with Crippen molar-refractivity contribution >= 4 is 11.9 Å². The van der Waals surface area contributed by atoms with Crippen LogP contribution in [-0.4, -0.2) is 125 Å². The first-order chi connectivity index (χ1) is 14.9. The number of esters is 2. The number of hydrogen-bond acceptors (Lipinski definition) is 14. The highest BCUT2D eigenvalue weighted by molar-refractivity contribution is 5.78. The Balaban J connectivity index is 2.69. The number of carbonyl (C=O) groups is 2. The zero-order valence-electron chi connectivity index (χ0n) is 16.4. The lowest BCUT2D eigenvalue weighted by Gasteiger charge is -2.24. The van der Waals surface area contributed by atoms with Crippen LogP contribution in [0.4, 0.5) is 0 Å². The number of ether oxygens (including phenoxy) is 2. The molecule has 1 aromatic carbocycles. The van der Waals surface area contributed by atoms with Gasteiger partial charge in [0.25, 0.3) is 0 Å². The lowest BCUT2D eigenvalue weighted by molar-refractivity contribution is -0.162. The average molecular weight is 466 g/mol. The van der Waals surface area contributed by atoms with Crippen LogP contribution in [0, 0.1) is 0 Å². The van der Waals surface area contributed by atoms with Gasteiger partial charge < -0.3 is 60.5 Å². The third kappa shape index (κ3) is 7.42. The molecule has 8 atom stereocenters. The van der Waals surface area contributed by atoms with Gasteiger partial charge in [-0.05, 0) is 24.3 Å². The molecule has 0 radical (unpaired) electrons. The predicted octanol–water partition coefficient (Wildman–Crippen LogP) is -5.63. The molecule has 0 aliphatic rings. The fourth-order valence-electron chi connectivity index (χ4n) is 2.25. The number of benzene rings is 1. The van der Waals surface area contributed by atoms with E-state index in [1.54, 1.807) is 0 Å². The molecule has 10 N–H and O–H groups in total. The van der Waals surface area contributed by atoms with Crippen molar-refractivity contribution in [1.82, 2.24) is 0 Å². The molecule has 0 unspecified atom stereocenters. The standard InChI is InChI=1S/C18H26O14/c19-5-9(21)11(23)13(25)15(27)17(29)31-7-1-2-8(4-3-7)32-18(30)16(28)14(26)12(24)10(22)6-20/h1-4,9-16,19-28H,5-6H2/t9-,10-,11-,12-,13+,14+,15-,16-/m1/s1. The molecule has 1 rings (SSSR count). The van der Waals surface area contributed by atoms with Gasteiger partial charge in [0.15, 0.2) is 12.2 Å². The molecule has 14 nitrogen and oxygen atoms in total. The molecule has 14 heteroatoms. The highest BCUT2D eigenvalue weighted by Gasteiger charge is 2.36. The summed E-state index contributed by atoms with van der Waals surface area (Å²) in [6.45, 7) is -1.88. The summed E-state index contributed by atoms with van der Waals surface area (Å²) in [5.74, 6) is -3.25. The Labute approximate surface area is 180 Å². The third-order valence-corrected chi connectivity index (χ3v) is 4.25. The molecule has 0 fully saturated rings. The van der Waals surface area contributed by atoms with Crippen LogP contribution < -0.4 is 9.47 Å². The van der Waals surface area contributed by atoms with Gasteiger partial charge in [-0.2, -0.15) is 0 Å². The highest BCUT2D eigenvalue weighted by atomic mass is 16.6. The Morgan fingerprint density at radius 3 is 1.12 bits per heavy atom. The molecule has 0 aromatic heterocycles. The molecule has 0 aliphatic heterocycles. The van der Waals surface area contributed by atoms with Crippen molar-refractivity contribution in [2.75, 3.05) is 13.2 Å². The first-order valence-electron chi connectivity index (χ1n) is 9.14. The van der Waals surface area contributed by atoms with Crippen LogP contribution in [0.5, 0.6) is 11.5 Å². The van der Waals surface area contributed by atoms with Gasteiger partial charge in [0, 0.05) is 0 Å². The predicted molar refractivity (Wildman–Crippen MR) is 99.9 cm³/mol. The second-order valence-electron chi connectivity index (χ2n) is 6.67. The van der Waals surface area contributed by atoms with Gasteiger partial charge in [-0.15, -0.1) is 0 Å². The minimum atomic E-state index is -2.28. The molecular weight excluding hydrogens is 440 g/mol. The lowest BCUT2D eigenvalue weighted by atomic mass is 10.0. The van der Waals surface area contributed by atoms with Gasteiger partial charge in [0.2, 0.25) is 0 Å². The number of hydrogen-bond donors (Lipinski definition) is 10. The highest BCUT2D eigenvalue weighted by Crippen LogP contribution is 2.20. The topological polar surface area (TPSA) is 255 Å². The monoisotopic (exact) mass is 466 g/mol. The van der Waals surface area contributed by atoms with Gasteiger partial charge in [-0.3, -0.25) is 0 Å². The minimum absolute atomic E-state index is 0.208. The molecule has 1 aromatic rings. The molecule has 0 saturated heterocycles. The minimum Gasteiger partial charge on any atom is -0.425 e. The Bertz CT molecular complexity index is 664. The summed E-state index contributed by atoms with van der Waals surface area (Å²) >= 11 is 0. The molecule has 0 bridgehead atoms. The second-order valence-corrected chi connectivity index (χ2v) is 6.67. The molecule has 0 aliphatic carbocycles. The van der Waals surface area contributed by atoms with Crippen LogP contribution in [-0.2, 0) is 9.59 Å². The largest absolute Gasteiger partial charge is 0.425 e. The molecule has 32 heavy (non-hydrogen) atoms. The Morgan fingerprint density at radius 2 is 0.875 bits per heavy atom.